The number of halogens is 1. The predicted molar refractivity (Wildman–Crippen MR) is 156 cm³/mol. The van der Waals surface area contributed by atoms with E-state index >= 15 is 0 Å². The number of benzene rings is 2. The molecule has 0 saturated heterocycles. The Labute approximate surface area is 239 Å². The molecule has 1 heterocycles. The van der Waals surface area contributed by atoms with Crippen LogP contribution in [-0.2, 0) is 4.79 Å². The minimum absolute atomic E-state index is 0.0166. The van der Waals surface area contributed by atoms with Crippen LogP contribution < -0.4 is 21.3 Å². The van der Waals surface area contributed by atoms with Gasteiger partial charge in [0.1, 0.15) is 23.4 Å². The molecule has 2 aromatic carbocycles. The number of pyridine rings is 1. The van der Waals surface area contributed by atoms with Crippen molar-refractivity contribution in [3.8, 4) is 11.4 Å². The van der Waals surface area contributed by atoms with E-state index in [1.165, 1.54) is 66.6 Å². The summed E-state index contributed by atoms with van der Waals surface area (Å²) in [5.74, 6) is -0.0271. The third-order valence-electron chi connectivity index (χ3n) is 7.70. The highest BCUT2D eigenvalue weighted by atomic mass is 19.1. The lowest BCUT2D eigenvalue weighted by molar-refractivity contribution is -0.140. The van der Waals surface area contributed by atoms with Crippen LogP contribution in [0.2, 0.25) is 0 Å². The van der Waals surface area contributed by atoms with Crippen LogP contribution in [0.25, 0.3) is 5.69 Å². The molecule has 1 saturated carbocycles. The van der Waals surface area contributed by atoms with Gasteiger partial charge in [0.25, 0.3) is 5.56 Å². The molecule has 0 spiro atoms. The maximum atomic E-state index is 13.3. The van der Waals surface area contributed by atoms with Gasteiger partial charge in [0.2, 0.25) is 0 Å². The number of nitrogen functional groups attached to an aromatic ring is 1. The molecule has 0 radical (unpaired) electrons. The third kappa shape index (κ3) is 8.04. The van der Waals surface area contributed by atoms with Crippen LogP contribution in [0.5, 0.6) is 5.75 Å². The summed E-state index contributed by atoms with van der Waals surface area (Å²) in [5.41, 5.74) is 6.70. The van der Waals surface area contributed by atoms with Crippen LogP contribution in [0.3, 0.4) is 0 Å². The molecule has 0 aliphatic heterocycles. The molecule has 4 N–H and O–H groups in total. The van der Waals surface area contributed by atoms with E-state index in [4.69, 9.17) is 10.5 Å². The first-order valence-corrected chi connectivity index (χ1v) is 14.2. The SMILES string of the molecule is CC(CC1CCCC1)CC(NCCCOc1ccc(-n2c(N)c(C(=O)c3ccc(F)cc3)ccc2=O)cc1)C(=O)O. The zero-order valence-corrected chi connectivity index (χ0v) is 23.4. The summed E-state index contributed by atoms with van der Waals surface area (Å²) in [4.78, 5) is 37.3. The highest BCUT2D eigenvalue weighted by Gasteiger charge is 2.23. The third-order valence-corrected chi connectivity index (χ3v) is 7.70. The van der Waals surface area contributed by atoms with E-state index in [2.05, 4.69) is 12.2 Å². The molecular weight excluding hydrogens is 525 g/mol. The van der Waals surface area contributed by atoms with Crippen LogP contribution in [0.1, 0.15) is 67.8 Å². The number of aliphatic carboxylic acids is 1. The molecule has 1 aromatic heterocycles. The van der Waals surface area contributed by atoms with E-state index in [9.17, 15) is 23.9 Å². The summed E-state index contributed by atoms with van der Waals surface area (Å²) < 4.78 is 20.3. The Morgan fingerprint density at radius 3 is 2.41 bits per heavy atom. The number of nitrogens with two attached hydrogens (primary N) is 1. The molecule has 4 rings (SSSR count). The molecule has 1 aliphatic carbocycles. The van der Waals surface area contributed by atoms with E-state index in [0.29, 0.717) is 43.3 Å². The van der Waals surface area contributed by atoms with Crippen molar-refractivity contribution in [1.82, 2.24) is 9.88 Å². The van der Waals surface area contributed by atoms with Crippen molar-refractivity contribution in [3.63, 3.8) is 0 Å². The van der Waals surface area contributed by atoms with Gasteiger partial charge in [0, 0.05) is 11.6 Å². The number of hydrogen-bond acceptors (Lipinski definition) is 6. The van der Waals surface area contributed by atoms with Crippen LogP contribution >= 0.6 is 0 Å². The normalized spacial score (nSPS) is 15.0. The maximum Gasteiger partial charge on any atom is 0.320 e. The van der Waals surface area contributed by atoms with Crippen molar-refractivity contribution in [3.05, 3.63) is 88.0 Å². The number of ketones is 1. The fraction of sp³-hybridized carbons (Fsp3) is 0.406. The first-order valence-electron chi connectivity index (χ1n) is 14.2. The van der Waals surface area contributed by atoms with E-state index < -0.39 is 29.2 Å². The zero-order valence-electron chi connectivity index (χ0n) is 23.4. The van der Waals surface area contributed by atoms with E-state index in [1.54, 1.807) is 24.3 Å². The van der Waals surface area contributed by atoms with Crippen molar-refractivity contribution in [1.29, 1.82) is 0 Å². The lowest BCUT2D eigenvalue weighted by Crippen LogP contribution is -2.39. The molecule has 41 heavy (non-hydrogen) atoms. The summed E-state index contributed by atoms with van der Waals surface area (Å²) in [6.07, 6.45) is 7.46. The quantitative estimate of drug-likeness (QED) is 0.182. The van der Waals surface area contributed by atoms with Gasteiger partial charge in [-0.2, -0.15) is 0 Å². The monoisotopic (exact) mass is 563 g/mol. The largest absolute Gasteiger partial charge is 0.494 e. The molecule has 3 aromatic rings. The average molecular weight is 564 g/mol. The predicted octanol–water partition coefficient (Wildman–Crippen LogP) is 5.21. The van der Waals surface area contributed by atoms with Gasteiger partial charge >= 0.3 is 5.97 Å². The first kappa shape index (κ1) is 30.0. The van der Waals surface area contributed by atoms with Crippen LogP contribution in [-0.4, -0.2) is 40.6 Å². The number of anilines is 1. The smallest absolute Gasteiger partial charge is 0.320 e. The minimum Gasteiger partial charge on any atom is -0.494 e. The number of carboxylic acids is 1. The molecule has 218 valence electrons. The Balaban J connectivity index is 1.29. The topological polar surface area (TPSA) is 124 Å². The van der Waals surface area contributed by atoms with Gasteiger partial charge in [-0.25, -0.2) is 4.39 Å². The van der Waals surface area contributed by atoms with Crippen molar-refractivity contribution < 1.29 is 23.8 Å². The van der Waals surface area contributed by atoms with Gasteiger partial charge in [-0.1, -0.05) is 32.6 Å². The number of carbonyl (C=O) groups is 2. The van der Waals surface area contributed by atoms with Gasteiger partial charge in [-0.3, -0.25) is 19.0 Å². The van der Waals surface area contributed by atoms with E-state index in [1.807, 2.05) is 0 Å². The Morgan fingerprint density at radius 2 is 1.76 bits per heavy atom. The van der Waals surface area contributed by atoms with E-state index in [-0.39, 0.29) is 16.9 Å². The number of ether oxygens (including phenoxy) is 1. The van der Waals surface area contributed by atoms with Crippen LogP contribution in [0.4, 0.5) is 10.2 Å². The highest BCUT2D eigenvalue weighted by molar-refractivity contribution is 6.11. The number of aromatic nitrogens is 1. The average Bonchev–Trinajstić information content (AvgIpc) is 3.46. The molecular formula is C32H38FN3O5. The fourth-order valence-corrected chi connectivity index (χ4v) is 5.58. The number of carboxylic acid groups (broad SMARTS) is 1. The number of rotatable bonds is 14. The second kappa shape index (κ2) is 14.1. The molecule has 9 heteroatoms. The number of hydrogen-bond donors (Lipinski definition) is 3. The molecule has 0 amide bonds. The lowest BCUT2D eigenvalue weighted by atomic mass is 9.90. The summed E-state index contributed by atoms with van der Waals surface area (Å²) in [6, 6.07) is 13.9. The number of carbonyl (C=O) groups excluding carboxylic acids is 1. The molecule has 1 aliphatic rings. The summed E-state index contributed by atoms with van der Waals surface area (Å²) in [5, 5.41) is 12.8. The Kier molecular flexibility index (Phi) is 10.3. The highest BCUT2D eigenvalue weighted by Crippen LogP contribution is 2.31. The van der Waals surface area contributed by atoms with Gasteiger partial charge in [0.05, 0.1) is 17.9 Å². The fourth-order valence-electron chi connectivity index (χ4n) is 5.58. The number of nitrogens with zero attached hydrogens (tertiary/aromatic N) is 1. The van der Waals surface area contributed by atoms with Gasteiger partial charge in [-0.05, 0) is 92.2 Å². The van der Waals surface area contributed by atoms with Crippen LogP contribution in [0, 0.1) is 17.7 Å². The summed E-state index contributed by atoms with van der Waals surface area (Å²) >= 11 is 0. The lowest BCUT2D eigenvalue weighted by Gasteiger charge is -2.21. The maximum absolute atomic E-state index is 13.3. The Morgan fingerprint density at radius 1 is 1.07 bits per heavy atom. The Bertz CT molecular complexity index is 1380. The van der Waals surface area contributed by atoms with Crippen molar-refractivity contribution >= 4 is 17.6 Å². The Hall–Kier alpha value is -3.98. The standard InChI is InChI=1S/C32H38FN3O5/c1-21(19-22-5-2-3-6-22)20-28(32(39)40)35-17-4-18-41-26-13-11-25(12-14-26)36-29(37)16-15-27(31(36)34)30(38)23-7-9-24(33)10-8-23/h7-16,21-22,28,35H,2-6,17-20,34H2,1H3,(H,39,40). The first-order chi connectivity index (χ1) is 19.7. The molecule has 0 bridgehead atoms. The van der Waals surface area contributed by atoms with Gasteiger partial charge in [0.15, 0.2) is 5.78 Å². The zero-order chi connectivity index (χ0) is 29.4. The van der Waals surface area contributed by atoms with Gasteiger partial charge < -0.3 is 20.9 Å². The molecule has 8 nitrogen and oxygen atoms in total. The molecule has 1 fully saturated rings. The van der Waals surface area contributed by atoms with Crippen molar-refractivity contribution in [2.75, 3.05) is 18.9 Å². The second-order valence-corrected chi connectivity index (χ2v) is 10.9. The molecule has 2 unspecified atom stereocenters. The van der Waals surface area contributed by atoms with Gasteiger partial charge in [-0.15, -0.1) is 0 Å². The number of nitrogens with one attached hydrogen (secondary N) is 1. The summed E-state index contributed by atoms with van der Waals surface area (Å²) in [7, 11) is 0. The second-order valence-electron chi connectivity index (χ2n) is 10.9. The molecule has 2 atom stereocenters. The summed E-state index contributed by atoms with van der Waals surface area (Å²) in [6.45, 7) is 3.05. The minimum atomic E-state index is -0.822. The van der Waals surface area contributed by atoms with Crippen LogP contribution in [0.15, 0.2) is 65.5 Å². The van der Waals surface area contributed by atoms with E-state index in [0.717, 1.165) is 12.3 Å². The van der Waals surface area contributed by atoms with Crippen molar-refractivity contribution in [2.45, 2.75) is 57.9 Å². The van der Waals surface area contributed by atoms with Crippen molar-refractivity contribution in [2.24, 2.45) is 11.8 Å².